The molecule has 0 spiro atoms. The summed E-state index contributed by atoms with van der Waals surface area (Å²) in [6.45, 7) is 14.3. The van der Waals surface area contributed by atoms with Crippen LogP contribution in [0.3, 0.4) is 0 Å². The highest BCUT2D eigenvalue weighted by Gasteiger charge is 2.32. The van der Waals surface area contributed by atoms with Crippen LogP contribution in [0.1, 0.15) is 80.1 Å². The van der Waals surface area contributed by atoms with Gasteiger partial charge in [0.15, 0.2) is 12.7 Å². The summed E-state index contributed by atoms with van der Waals surface area (Å²) in [6, 6.07) is 5.92. The second-order valence-electron chi connectivity index (χ2n) is 7.91. The van der Waals surface area contributed by atoms with Crippen LogP contribution in [0.15, 0.2) is 0 Å². The highest BCUT2D eigenvalue weighted by Crippen LogP contribution is 2.46. The van der Waals surface area contributed by atoms with Crippen molar-refractivity contribution in [3.63, 3.8) is 0 Å². The van der Waals surface area contributed by atoms with E-state index in [1.54, 1.807) is 0 Å². The molecule has 0 aromatic heterocycles. The smallest absolute Gasteiger partial charge is 0.172 e. The molecule has 0 heterocycles. The molecule has 0 N–H and O–H groups in total. The third-order valence-electron chi connectivity index (χ3n) is 5.05. The molecule has 0 aliphatic heterocycles. The van der Waals surface area contributed by atoms with E-state index in [2.05, 4.69) is 108 Å². The average molecular weight is 627 g/mol. The lowest BCUT2D eigenvalue weighted by atomic mass is 10.6. The molecule has 0 unspecified atom stereocenters. The van der Waals surface area contributed by atoms with Crippen molar-refractivity contribution in [3.05, 3.63) is 0 Å². The molecule has 0 aromatic rings. The Hall–Kier alpha value is 3.23. The van der Waals surface area contributed by atoms with Crippen LogP contribution < -0.4 is 0 Å². The molecule has 0 nitrogen and oxygen atoms in total. The van der Waals surface area contributed by atoms with Gasteiger partial charge in [0.1, 0.15) is 0 Å². The monoisotopic (exact) mass is 626 g/mol. The van der Waals surface area contributed by atoms with Crippen LogP contribution in [-0.2, 0) is 0 Å². The Morgan fingerprint density at radius 2 is 0.750 bits per heavy atom. The second-order valence-corrected chi connectivity index (χ2v) is 37.4. The summed E-state index contributed by atoms with van der Waals surface area (Å²) in [6.07, 6.45) is 5.90. The van der Waals surface area contributed by atoms with E-state index in [4.69, 9.17) is 0 Å². The highest BCUT2D eigenvalue weighted by atomic mass is 33.7. The Labute approximate surface area is 235 Å². The van der Waals surface area contributed by atoms with Crippen LogP contribution in [-0.4, -0.2) is 47.3 Å². The summed E-state index contributed by atoms with van der Waals surface area (Å²) >= 11 is 9.50. The van der Waals surface area contributed by atoms with E-state index < -0.39 is 12.7 Å². The minimum atomic E-state index is -1.14. The standard InChI is InChI=1S/C22H50S8Si2/c1-7-15-25-31(11-5,26-16-8-2)21-13-19-23-29-30-24-20-14-22-32(12-6,27-17-9-3)28-18-10-4/h7-22H2,1-6H3. The van der Waals surface area contributed by atoms with Crippen molar-refractivity contribution in [1.29, 1.82) is 0 Å². The summed E-state index contributed by atoms with van der Waals surface area (Å²) in [5.41, 5.74) is 0. The molecule has 0 rings (SSSR count). The molecule has 0 radical (unpaired) electrons. The molecular weight excluding hydrogens is 577 g/mol. The largest absolute Gasteiger partial charge is 0.176 e. The van der Waals surface area contributed by atoms with Crippen molar-refractivity contribution in [2.24, 2.45) is 0 Å². The molecule has 0 bridgehead atoms. The molecule has 194 valence electrons. The predicted octanol–water partition coefficient (Wildman–Crippen LogP) is 11.9. The first-order valence-corrected chi connectivity index (χ1v) is 29.5. The normalized spacial score (nSPS) is 12.6. The lowest BCUT2D eigenvalue weighted by molar-refractivity contribution is 1.07. The third-order valence-corrected chi connectivity index (χ3v) is 39.5. The van der Waals surface area contributed by atoms with Gasteiger partial charge in [-0.15, -0.1) is 0 Å². The maximum atomic E-state index is 2.46. The number of hydrogen-bond donors (Lipinski definition) is 0. The zero-order valence-electron chi connectivity index (χ0n) is 21.6. The van der Waals surface area contributed by atoms with Gasteiger partial charge in [0, 0.05) is 11.5 Å². The summed E-state index contributed by atoms with van der Waals surface area (Å²) < 4.78 is 0. The van der Waals surface area contributed by atoms with E-state index in [0.29, 0.717) is 0 Å². The quantitative estimate of drug-likeness (QED) is 0.0550. The number of hydrogen-bond acceptors (Lipinski definition) is 8. The van der Waals surface area contributed by atoms with Gasteiger partial charge in [-0.3, -0.25) is 0 Å². The van der Waals surface area contributed by atoms with Crippen molar-refractivity contribution in [2.45, 2.75) is 104 Å². The van der Waals surface area contributed by atoms with Crippen molar-refractivity contribution in [3.8, 4) is 0 Å². The van der Waals surface area contributed by atoms with E-state index in [1.807, 2.05) is 19.7 Å². The molecule has 10 heteroatoms. The van der Waals surface area contributed by atoms with Crippen molar-refractivity contribution >= 4 is 98.8 Å². The van der Waals surface area contributed by atoms with Gasteiger partial charge in [-0.25, -0.2) is 0 Å². The van der Waals surface area contributed by atoms with Crippen LogP contribution in [0.2, 0.25) is 24.2 Å². The molecule has 0 aliphatic carbocycles. The molecule has 0 saturated carbocycles. The van der Waals surface area contributed by atoms with E-state index in [-0.39, 0.29) is 0 Å². The summed E-state index contributed by atoms with van der Waals surface area (Å²) in [7, 11) is 8.29. The summed E-state index contributed by atoms with van der Waals surface area (Å²) in [5.74, 6) is 8.17. The minimum Gasteiger partial charge on any atom is -0.172 e. The van der Waals surface area contributed by atoms with Crippen LogP contribution >= 0.6 is 86.1 Å². The third kappa shape index (κ3) is 17.6. The van der Waals surface area contributed by atoms with E-state index in [9.17, 15) is 0 Å². The van der Waals surface area contributed by atoms with Crippen LogP contribution in [0.25, 0.3) is 0 Å². The first kappa shape index (κ1) is 35.2. The van der Waals surface area contributed by atoms with Gasteiger partial charge in [0.05, 0.1) is 0 Å². The van der Waals surface area contributed by atoms with Crippen LogP contribution in [0.4, 0.5) is 0 Å². The van der Waals surface area contributed by atoms with Crippen molar-refractivity contribution < 1.29 is 0 Å². The molecule has 32 heavy (non-hydrogen) atoms. The Morgan fingerprint density at radius 3 is 1.00 bits per heavy atom. The molecule has 0 aromatic carbocycles. The average Bonchev–Trinajstić information content (AvgIpc) is 2.83. The highest BCUT2D eigenvalue weighted by molar-refractivity contribution is 9.26. The van der Waals surface area contributed by atoms with Crippen molar-refractivity contribution in [2.75, 3.05) is 34.5 Å². The fourth-order valence-corrected chi connectivity index (χ4v) is 33.7. The molecule has 0 amide bonds. The zero-order chi connectivity index (χ0) is 24.0. The molecule has 0 fully saturated rings. The van der Waals surface area contributed by atoms with Gasteiger partial charge < -0.3 is 0 Å². The van der Waals surface area contributed by atoms with Crippen LogP contribution in [0, 0.1) is 0 Å². The van der Waals surface area contributed by atoms with E-state index >= 15 is 0 Å². The Kier molecular flexibility index (Phi) is 27.0. The lowest BCUT2D eigenvalue weighted by Gasteiger charge is -2.29. The van der Waals surface area contributed by atoms with Gasteiger partial charge in [0.25, 0.3) is 0 Å². The molecule has 0 aliphatic rings. The second kappa shape index (κ2) is 24.6. The van der Waals surface area contributed by atoms with E-state index in [1.165, 1.54) is 97.2 Å². The van der Waals surface area contributed by atoms with Crippen LogP contribution in [0.5, 0.6) is 0 Å². The topological polar surface area (TPSA) is 0 Å². The molecular formula is C22H50S8Si2. The van der Waals surface area contributed by atoms with Gasteiger partial charge in [-0.1, -0.05) is 63.1 Å². The predicted molar refractivity (Wildman–Crippen MR) is 182 cm³/mol. The molecule has 0 atom stereocenters. The van der Waals surface area contributed by atoms with Gasteiger partial charge >= 0.3 is 0 Å². The maximum Gasteiger partial charge on any atom is 0.176 e. The summed E-state index contributed by atoms with van der Waals surface area (Å²) in [5, 5.41) is 0. The fourth-order valence-electron chi connectivity index (χ4n) is 3.19. The van der Waals surface area contributed by atoms with E-state index in [0.717, 1.165) is 0 Å². The van der Waals surface area contributed by atoms with Gasteiger partial charge in [-0.2, -0.15) is 44.8 Å². The minimum absolute atomic E-state index is 1.14. The van der Waals surface area contributed by atoms with Gasteiger partial charge in [0.2, 0.25) is 0 Å². The Balaban J connectivity index is 4.03. The van der Waals surface area contributed by atoms with Crippen molar-refractivity contribution in [1.82, 2.24) is 0 Å². The Bertz CT molecular complexity index is 352. The lowest BCUT2D eigenvalue weighted by Crippen LogP contribution is -2.26. The van der Waals surface area contributed by atoms with Gasteiger partial charge in [-0.05, 0) is 105 Å². The Morgan fingerprint density at radius 1 is 0.438 bits per heavy atom. The number of rotatable bonds is 25. The zero-order valence-corrected chi connectivity index (χ0v) is 30.1. The first-order valence-electron chi connectivity index (χ1n) is 12.7. The first-order chi connectivity index (χ1) is 15.6. The molecule has 0 saturated heterocycles. The summed E-state index contributed by atoms with van der Waals surface area (Å²) in [4.78, 5) is 0. The fraction of sp³-hybridized carbons (Fsp3) is 1.00. The SMILES string of the molecule is CCCS[Si](CC)(CCCSSSSCCC[Si](CC)(SCCC)SCCC)SCCC. The maximum absolute atomic E-state index is 2.46.